The second-order valence-electron chi connectivity index (χ2n) is 5.30. The van der Waals surface area contributed by atoms with Crippen LogP contribution in [0.25, 0.3) is 16.8 Å². The fourth-order valence-corrected chi connectivity index (χ4v) is 2.52. The van der Waals surface area contributed by atoms with E-state index in [1.165, 1.54) is 23.8 Å². The van der Waals surface area contributed by atoms with E-state index in [9.17, 15) is 13.2 Å². The Morgan fingerprint density at radius 1 is 1.21 bits per heavy atom. The van der Waals surface area contributed by atoms with Gasteiger partial charge < -0.3 is 10.5 Å². The highest BCUT2D eigenvalue weighted by molar-refractivity contribution is 5.79. The molecule has 0 atom stereocenters. The number of benzene rings is 1. The Morgan fingerprint density at radius 2 is 1.96 bits per heavy atom. The third kappa shape index (κ3) is 2.97. The molecule has 0 unspecified atom stereocenters. The molecule has 2 N–H and O–H groups in total. The van der Waals surface area contributed by atoms with Crippen LogP contribution in [-0.2, 0) is 6.42 Å². The zero-order valence-electron chi connectivity index (χ0n) is 12.9. The second-order valence-corrected chi connectivity index (χ2v) is 5.30. The Kier molecular flexibility index (Phi) is 3.78. The van der Waals surface area contributed by atoms with Crippen LogP contribution >= 0.6 is 0 Å². The fourth-order valence-electron chi connectivity index (χ4n) is 2.52. The van der Waals surface area contributed by atoms with Gasteiger partial charge in [-0.15, -0.1) is 10.2 Å². The van der Waals surface area contributed by atoms with Gasteiger partial charge in [-0.2, -0.15) is 22.8 Å². The summed E-state index contributed by atoms with van der Waals surface area (Å²) in [6.45, 7) is 1.75. The first-order valence-corrected chi connectivity index (χ1v) is 7.01. The Morgan fingerprint density at radius 3 is 2.62 bits per heavy atom. The van der Waals surface area contributed by atoms with Crippen molar-refractivity contribution in [2.45, 2.75) is 19.5 Å². The molecule has 0 saturated carbocycles. The van der Waals surface area contributed by atoms with Crippen LogP contribution in [-0.4, -0.2) is 33.1 Å². The first-order chi connectivity index (χ1) is 11.3. The van der Waals surface area contributed by atoms with Crippen molar-refractivity contribution in [3.63, 3.8) is 0 Å². The van der Waals surface area contributed by atoms with Crippen LogP contribution < -0.4 is 10.5 Å². The molecule has 126 valence electrons. The molecule has 0 aliphatic heterocycles. The van der Waals surface area contributed by atoms with Crippen LogP contribution in [0.2, 0.25) is 0 Å². The van der Waals surface area contributed by atoms with E-state index >= 15 is 0 Å². The van der Waals surface area contributed by atoms with Crippen LogP contribution in [0.15, 0.2) is 24.3 Å². The van der Waals surface area contributed by atoms with Crippen molar-refractivity contribution in [2.75, 3.05) is 12.8 Å². The van der Waals surface area contributed by atoms with Crippen molar-refractivity contribution >= 4 is 11.5 Å². The Bertz CT molecular complexity index is 904. The molecule has 9 heteroatoms. The number of hydrogen-bond acceptors (Lipinski definition) is 5. The fraction of sp³-hybridized carbons (Fsp3) is 0.267. The van der Waals surface area contributed by atoms with Crippen molar-refractivity contribution < 1.29 is 17.9 Å². The molecule has 0 aliphatic rings. The highest BCUT2D eigenvalue weighted by Crippen LogP contribution is 2.33. The summed E-state index contributed by atoms with van der Waals surface area (Å²) in [5, 5.41) is 12.0. The second kappa shape index (κ2) is 5.66. The molecule has 0 spiro atoms. The molecule has 3 aromatic rings. The minimum Gasteiger partial charge on any atom is -0.497 e. The molecule has 2 aromatic heterocycles. The maximum absolute atomic E-state index is 12.9. The van der Waals surface area contributed by atoms with Gasteiger partial charge in [-0.25, -0.2) is 0 Å². The van der Waals surface area contributed by atoms with Gasteiger partial charge in [0.25, 0.3) is 0 Å². The van der Waals surface area contributed by atoms with Crippen LogP contribution in [0.1, 0.15) is 11.3 Å². The normalized spacial score (nSPS) is 11.9. The van der Waals surface area contributed by atoms with E-state index < -0.39 is 12.6 Å². The number of anilines is 1. The minimum absolute atomic E-state index is 0.0432. The van der Waals surface area contributed by atoms with Gasteiger partial charge >= 0.3 is 6.18 Å². The zero-order valence-corrected chi connectivity index (χ0v) is 12.9. The minimum atomic E-state index is -4.37. The summed E-state index contributed by atoms with van der Waals surface area (Å²) < 4.78 is 45.2. The highest BCUT2D eigenvalue weighted by Gasteiger charge is 2.30. The third-order valence-corrected chi connectivity index (χ3v) is 3.50. The quantitative estimate of drug-likeness (QED) is 0.795. The van der Waals surface area contributed by atoms with Crippen LogP contribution in [0.4, 0.5) is 19.1 Å². The average Bonchev–Trinajstić information content (AvgIpc) is 2.89. The monoisotopic (exact) mass is 337 g/mol. The summed E-state index contributed by atoms with van der Waals surface area (Å²) in [7, 11) is 1.40. The molecule has 0 amide bonds. The largest absolute Gasteiger partial charge is 0.497 e. The molecule has 2 heterocycles. The number of halogens is 3. The molecular weight excluding hydrogens is 323 g/mol. The third-order valence-electron chi connectivity index (χ3n) is 3.50. The van der Waals surface area contributed by atoms with Crippen molar-refractivity contribution in [1.82, 2.24) is 19.8 Å². The first kappa shape index (κ1) is 16.0. The predicted octanol–water partition coefficient (Wildman–Crippen LogP) is 2.80. The lowest BCUT2D eigenvalue weighted by molar-refractivity contribution is -0.127. The van der Waals surface area contributed by atoms with Gasteiger partial charge in [-0.1, -0.05) is 0 Å². The van der Waals surface area contributed by atoms with E-state index in [0.717, 1.165) is 0 Å². The molecule has 1 aromatic carbocycles. The number of fused-ring (bicyclic) bond motifs is 1. The van der Waals surface area contributed by atoms with E-state index in [0.29, 0.717) is 22.5 Å². The maximum atomic E-state index is 12.9. The number of nitrogen functional groups attached to an aromatic ring is 1. The molecular formula is C15H14F3N5O. The topological polar surface area (TPSA) is 78.3 Å². The Hall–Kier alpha value is -2.84. The van der Waals surface area contributed by atoms with E-state index in [4.69, 9.17) is 10.5 Å². The van der Waals surface area contributed by atoms with Gasteiger partial charge in [0.2, 0.25) is 5.95 Å². The first-order valence-electron chi connectivity index (χ1n) is 7.01. The van der Waals surface area contributed by atoms with Gasteiger partial charge in [0.15, 0.2) is 0 Å². The standard InChI is InChI=1S/C15H14F3N5O/c1-8-5-12-13(20-21-14(19)23(12)22-8)11-4-3-10(24-2)6-9(11)7-15(16,17)18/h3-6H,7H2,1-2H3,(H2,19,21). The molecule has 0 aliphatic carbocycles. The average molecular weight is 337 g/mol. The molecule has 0 bridgehead atoms. The van der Waals surface area contributed by atoms with Crippen LogP contribution in [0, 0.1) is 6.92 Å². The number of alkyl halides is 3. The van der Waals surface area contributed by atoms with Gasteiger partial charge in [-0.3, -0.25) is 0 Å². The molecule has 24 heavy (non-hydrogen) atoms. The van der Waals surface area contributed by atoms with Crippen LogP contribution in [0.3, 0.4) is 0 Å². The molecule has 6 nitrogen and oxygen atoms in total. The Balaban J connectivity index is 2.24. The van der Waals surface area contributed by atoms with Gasteiger partial charge in [0, 0.05) is 5.56 Å². The molecule has 0 radical (unpaired) electrons. The summed E-state index contributed by atoms with van der Waals surface area (Å²) in [6, 6.07) is 6.15. The Labute approximate surface area is 135 Å². The van der Waals surface area contributed by atoms with Crippen molar-refractivity contribution in [3.8, 4) is 17.0 Å². The summed E-state index contributed by atoms with van der Waals surface area (Å²) in [5.74, 6) is 0.398. The van der Waals surface area contributed by atoms with E-state index in [2.05, 4.69) is 15.3 Å². The van der Waals surface area contributed by atoms with E-state index in [-0.39, 0.29) is 17.2 Å². The summed E-state index contributed by atoms with van der Waals surface area (Å²) in [6.07, 6.45) is -5.47. The molecule has 3 rings (SSSR count). The van der Waals surface area contributed by atoms with Crippen molar-refractivity contribution in [1.29, 1.82) is 0 Å². The van der Waals surface area contributed by atoms with Crippen LogP contribution in [0.5, 0.6) is 5.75 Å². The van der Waals surface area contributed by atoms with Crippen molar-refractivity contribution in [3.05, 3.63) is 35.5 Å². The zero-order chi connectivity index (χ0) is 17.5. The number of aryl methyl sites for hydroxylation is 1. The number of nitrogens with zero attached hydrogens (tertiary/aromatic N) is 4. The number of hydrogen-bond donors (Lipinski definition) is 1. The van der Waals surface area contributed by atoms with E-state index in [1.54, 1.807) is 19.1 Å². The maximum Gasteiger partial charge on any atom is 0.393 e. The lowest BCUT2D eigenvalue weighted by Gasteiger charge is -2.13. The summed E-state index contributed by atoms with van der Waals surface area (Å²) >= 11 is 0. The lowest BCUT2D eigenvalue weighted by Crippen LogP contribution is -2.13. The summed E-state index contributed by atoms with van der Waals surface area (Å²) in [4.78, 5) is 0. The SMILES string of the molecule is COc1ccc(-c2nnc(N)n3nc(C)cc23)c(CC(F)(F)F)c1. The summed E-state index contributed by atoms with van der Waals surface area (Å²) in [5.41, 5.74) is 7.52. The molecule has 0 fully saturated rings. The number of rotatable bonds is 3. The number of aromatic nitrogens is 4. The van der Waals surface area contributed by atoms with E-state index in [1.807, 2.05) is 0 Å². The smallest absolute Gasteiger partial charge is 0.393 e. The van der Waals surface area contributed by atoms with Gasteiger partial charge in [0.1, 0.15) is 11.4 Å². The molecule has 0 saturated heterocycles. The van der Waals surface area contributed by atoms with Crippen molar-refractivity contribution in [2.24, 2.45) is 0 Å². The van der Waals surface area contributed by atoms with Gasteiger partial charge in [0.05, 0.1) is 24.7 Å². The lowest BCUT2D eigenvalue weighted by atomic mass is 10.0. The highest BCUT2D eigenvalue weighted by atomic mass is 19.4. The number of nitrogens with two attached hydrogens (primary N) is 1. The number of methoxy groups -OCH3 is 1. The predicted molar refractivity (Wildman–Crippen MR) is 81.7 cm³/mol. The number of ether oxygens (including phenoxy) is 1. The van der Waals surface area contributed by atoms with Gasteiger partial charge in [-0.05, 0) is 36.8 Å².